The van der Waals surface area contributed by atoms with Crippen molar-refractivity contribution in [2.24, 2.45) is 0 Å². The quantitative estimate of drug-likeness (QED) is 0.701. The monoisotopic (exact) mass is 234 g/mol. The van der Waals surface area contributed by atoms with Crippen LogP contribution in [0, 0.1) is 0 Å². The Morgan fingerprint density at radius 1 is 0.941 bits per heavy atom. The van der Waals surface area contributed by atoms with Crippen LogP contribution in [-0.4, -0.2) is 19.5 Å². The van der Waals surface area contributed by atoms with Crippen molar-refractivity contribution < 1.29 is 9.47 Å². The second kappa shape index (κ2) is 7.46. The predicted octanol–water partition coefficient (Wildman–Crippen LogP) is 3.55. The summed E-state index contributed by atoms with van der Waals surface area (Å²) in [5.41, 5.74) is 1.44. The van der Waals surface area contributed by atoms with Crippen LogP contribution >= 0.6 is 0 Å². The van der Waals surface area contributed by atoms with E-state index in [1.54, 1.807) is 0 Å². The topological polar surface area (TPSA) is 18.5 Å². The molecule has 0 radical (unpaired) electrons. The van der Waals surface area contributed by atoms with Crippen molar-refractivity contribution in [2.75, 3.05) is 13.2 Å². The van der Waals surface area contributed by atoms with Crippen molar-refractivity contribution in [2.45, 2.75) is 44.8 Å². The molecule has 0 spiro atoms. The molecule has 1 aromatic carbocycles. The summed E-state index contributed by atoms with van der Waals surface area (Å²) in [5, 5.41) is 0. The molecule has 1 saturated heterocycles. The van der Waals surface area contributed by atoms with Gasteiger partial charge >= 0.3 is 0 Å². The molecular formula is C15H22O2. The minimum Gasteiger partial charge on any atom is -0.353 e. The second-order valence-corrected chi connectivity index (χ2v) is 4.61. The first-order valence-corrected chi connectivity index (χ1v) is 6.72. The smallest absolute Gasteiger partial charge is 0.157 e. The number of ether oxygens (including phenoxy) is 2. The Kier molecular flexibility index (Phi) is 5.53. The van der Waals surface area contributed by atoms with Gasteiger partial charge in [-0.1, -0.05) is 36.8 Å². The largest absolute Gasteiger partial charge is 0.353 e. The third-order valence-corrected chi connectivity index (χ3v) is 3.14. The maximum absolute atomic E-state index is 5.52. The Bertz CT molecular complexity index is 291. The van der Waals surface area contributed by atoms with Crippen LogP contribution in [0.25, 0.3) is 0 Å². The van der Waals surface area contributed by atoms with E-state index in [4.69, 9.17) is 9.47 Å². The first kappa shape index (κ1) is 12.6. The molecule has 1 fully saturated rings. The number of aryl methyl sites for hydroxylation is 1. The van der Waals surface area contributed by atoms with Gasteiger partial charge in [-0.25, -0.2) is 0 Å². The van der Waals surface area contributed by atoms with E-state index in [9.17, 15) is 0 Å². The molecule has 17 heavy (non-hydrogen) atoms. The van der Waals surface area contributed by atoms with E-state index in [-0.39, 0.29) is 6.29 Å². The van der Waals surface area contributed by atoms with E-state index in [1.165, 1.54) is 31.2 Å². The zero-order valence-corrected chi connectivity index (χ0v) is 10.4. The molecule has 1 aliphatic heterocycles. The highest BCUT2D eigenvalue weighted by molar-refractivity contribution is 5.14. The lowest BCUT2D eigenvalue weighted by Gasteiger charge is -2.22. The Morgan fingerprint density at radius 3 is 2.47 bits per heavy atom. The zero-order chi connectivity index (χ0) is 11.8. The molecule has 0 saturated carbocycles. The van der Waals surface area contributed by atoms with Crippen molar-refractivity contribution in [3.05, 3.63) is 35.9 Å². The van der Waals surface area contributed by atoms with Crippen LogP contribution in [0.1, 0.15) is 37.7 Å². The van der Waals surface area contributed by atoms with Gasteiger partial charge in [0, 0.05) is 0 Å². The van der Waals surface area contributed by atoms with E-state index in [0.29, 0.717) is 0 Å². The van der Waals surface area contributed by atoms with Gasteiger partial charge in [0.25, 0.3) is 0 Å². The molecule has 1 heterocycles. The SMILES string of the molecule is c1ccc(CCCCCC2OCCCO2)cc1. The van der Waals surface area contributed by atoms with Crippen molar-refractivity contribution in [1.82, 2.24) is 0 Å². The summed E-state index contributed by atoms with van der Waals surface area (Å²) in [6.07, 6.45) is 7.08. The molecular weight excluding hydrogens is 212 g/mol. The van der Waals surface area contributed by atoms with Gasteiger partial charge in [-0.2, -0.15) is 0 Å². The van der Waals surface area contributed by atoms with Crippen LogP contribution in [0.5, 0.6) is 0 Å². The molecule has 0 aliphatic carbocycles. The van der Waals surface area contributed by atoms with Crippen LogP contribution < -0.4 is 0 Å². The van der Waals surface area contributed by atoms with E-state index in [2.05, 4.69) is 30.3 Å². The summed E-state index contributed by atoms with van der Waals surface area (Å²) in [5.74, 6) is 0. The molecule has 0 unspecified atom stereocenters. The average molecular weight is 234 g/mol. The molecule has 1 aliphatic rings. The highest BCUT2D eigenvalue weighted by Crippen LogP contribution is 2.14. The molecule has 0 aromatic heterocycles. The van der Waals surface area contributed by atoms with Gasteiger partial charge in [0.1, 0.15) is 0 Å². The van der Waals surface area contributed by atoms with Gasteiger partial charge in [0.15, 0.2) is 6.29 Å². The van der Waals surface area contributed by atoms with Gasteiger partial charge in [-0.3, -0.25) is 0 Å². The molecule has 2 rings (SSSR count). The maximum Gasteiger partial charge on any atom is 0.157 e. The summed E-state index contributed by atoms with van der Waals surface area (Å²) in [4.78, 5) is 0. The third kappa shape index (κ3) is 4.88. The number of benzene rings is 1. The molecule has 0 atom stereocenters. The molecule has 94 valence electrons. The van der Waals surface area contributed by atoms with E-state index in [0.717, 1.165) is 26.1 Å². The lowest BCUT2D eigenvalue weighted by Crippen LogP contribution is -2.24. The number of unbranched alkanes of at least 4 members (excludes halogenated alkanes) is 2. The summed E-state index contributed by atoms with van der Waals surface area (Å²) in [7, 11) is 0. The Morgan fingerprint density at radius 2 is 1.71 bits per heavy atom. The van der Waals surface area contributed by atoms with Gasteiger partial charge in [-0.05, 0) is 37.7 Å². The predicted molar refractivity (Wildman–Crippen MR) is 68.9 cm³/mol. The summed E-state index contributed by atoms with van der Waals surface area (Å²) >= 11 is 0. The van der Waals surface area contributed by atoms with E-state index >= 15 is 0 Å². The molecule has 2 nitrogen and oxygen atoms in total. The minimum absolute atomic E-state index is 0.0699. The van der Waals surface area contributed by atoms with Crippen LogP contribution in [0.2, 0.25) is 0 Å². The van der Waals surface area contributed by atoms with Crippen LogP contribution in [0.4, 0.5) is 0 Å². The number of hydrogen-bond acceptors (Lipinski definition) is 2. The molecule has 1 aromatic rings. The van der Waals surface area contributed by atoms with Crippen LogP contribution in [0.3, 0.4) is 0 Å². The standard InChI is InChI=1S/C15H22O2/c1-3-8-14(9-4-1)10-5-2-6-11-15-16-12-7-13-17-15/h1,3-4,8-9,15H,2,5-7,10-13H2. The first-order chi connectivity index (χ1) is 8.45. The van der Waals surface area contributed by atoms with E-state index in [1.807, 2.05) is 0 Å². The normalized spacial score (nSPS) is 17.2. The second-order valence-electron chi connectivity index (χ2n) is 4.61. The number of rotatable bonds is 6. The minimum atomic E-state index is 0.0699. The Hall–Kier alpha value is -0.860. The van der Waals surface area contributed by atoms with Crippen LogP contribution in [0.15, 0.2) is 30.3 Å². The fourth-order valence-corrected chi connectivity index (χ4v) is 2.16. The fraction of sp³-hybridized carbons (Fsp3) is 0.600. The van der Waals surface area contributed by atoms with Crippen molar-refractivity contribution in [1.29, 1.82) is 0 Å². The van der Waals surface area contributed by atoms with Gasteiger partial charge in [0.2, 0.25) is 0 Å². The summed E-state index contributed by atoms with van der Waals surface area (Å²) in [6.45, 7) is 1.74. The summed E-state index contributed by atoms with van der Waals surface area (Å²) in [6, 6.07) is 10.7. The van der Waals surface area contributed by atoms with Gasteiger partial charge < -0.3 is 9.47 Å². The van der Waals surface area contributed by atoms with E-state index < -0.39 is 0 Å². The molecule has 2 heteroatoms. The Balaban J connectivity index is 1.51. The third-order valence-electron chi connectivity index (χ3n) is 3.14. The van der Waals surface area contributed by atoms with Crippen molar-refractivity contribution >= 4 is 0 Å². The molecule has 0 bridgehead atoms. The molecule has 0 amide bonds. The number of hydrogen-bond donors (Lipinski definition) is 0. The lowest BCUT2D eigenvalue weighted by molar-refractivity contribution is -0.181. The highest BCUT2D eigenvalue weighted by Gasteiger charge is 2.12. The maximum atomic E-state index is 5.52. The lowest BCUT2D eigenvalue weighted by atomic mass is 10.1. The Labute approximate surface area is 104 Å². The molecule has 0 N–H and O–H groups in total. The van der Waals surface area contributed by atoms with Crippen molar-refractivity contribution in [3.8, 4) is 0 Å². The van der Waals surface area contributed by atoms with Crippen molar-refractivity contribution in [3.63, 3.8) is 0 Å². The summed E-state index contributed by atoms with van der Waals surface area (Å²) < 4.78 is 11.0. The first-order valence-electron chi connectivity index (χ1n) is 6.72. The van der Waals surface area contributed by atoms with Gasteiger partial charge in [-0.15, -0.1) is 0 Å². The van der Waals surface area contributed by atoms with Crippen LogP contribution in [-0.2, 0) is 15.9 Å². The fourth-order valence-electron chi connectivity index (χ4n) is 2.16. The average Bonchev–Trinajstić information content (AvgIpc) is 2.41. The zero-order valence-electron chi connectivity index (χ0n) is 10.4. The van der Waals surface area contributed by atoms with Gasteiger partial charge in [0.05, 0.1) is 13.2 Å². The highest BCUT2D eigenvalue weighted by atomic mass is 16.7.